The van der Waals surface area contributed by atoms with Crippen LogP contribution in [0.4, 0.5) is 0 Å². The largest absolute Gasteiger partial charge is 0.375 e. The summed E-state index contributed by atoms with van der Waals surface area (Å²) in [6.45, 7) is 1.81. The van der Waals surface area contributed by atoms with Crippen molar-refractivity contribution < 1.29 is 19.1 Å². The van der Waals surface area contributed by atoms with Gasteiger partial charge in [-0.1, -0.05) is 43.2 Å². The van der Waals surface area contributed by atoms with Gasteiger partial charge in [-0.05, 0) is 31.2 Å². The van der Waals surface area contributed by atoms with E-state index in [4.69, 9.17) is 4.74 Å². The number of nitrogens with zero attached hydrogens (tertiary/aromatic N) is 2. The number of fused-ring (bicyclic) bond motifs is 1. The Morgan fingerprint density at radius 2 is 1.84 bits per heavy atom. The molecule has 1 aliphatic heterocycles. The number of hydrogen-bond acceptors (Lipinski definition) is 4. The number of amides is 3. The van der Waals surface area contributed by atoms with Crippen molar-refractivity contribution in [2.45, 2.75) is 50.0 Å². The second-order valence-electron chi connectivity index (χ2n) is 9.01. The summed E-state index contributed by atoms with van der Waals surface area (Å²) in [6.07, 6.45) is 5.31. The maximum absolute atomic E-state index is 13.6. The fourth-order valence-corrected chi connectivity index (χ4v) is 5.27. The third-order valence-corrected chi connectivity index (χ3v) is 7.12. The van der Waals surface area contributed by atoms with Gasteiger partial charge in [0.05, 0.1) is 11.3 Å². The number of nitrogens with one attached hydrogen (secondary N) is 1. The van der Waals surface area contributed by atoms with E-state index in [1.807, 2.05) is 35.2 Å². The van der Waals surface area contributed by atoms with Crippen LogP contribution < -0.4 is 5.32 Å². The van der Waals surface area contributed by atoms with Gasteiger partial charge in [-0.25, -0.2) is 0 Å². The first-order valence-corrected chi connectivity index (χ1v) is 11.5. The van der Waals surface area contributed by atoms with Crippen molar-refractivity contribution in [1.82, 2.24) is 15.1 Å². The Balaban J connectivity index is 1.56. The van der Waals surface area contributed by atoms with Gasteiger partial charge < -0.3 is 19.9 Å². The van der Waals surface area contributed by atoms with Crippen molar-refractivity contribution in [3.63, 3.8) is 0 Å². The quantitative estimate of drug-likeness (QED) is 0.794. The lowest BCUT2D eigenvalue weighted by molar-refractivity contribution is -0.145. The molecule has 1 heterocycles. The first-order chi connectivity index (χ1) is 15.1. The van der Waals surface area contributed by atoms with Gasteiger partial charge in [0.1, 0.15) is 6.61 Å². The van der Waals surface area contributed by atoms with Gasteiger partial charge in [-0.3, -0.25) is 14.4 Å². The molecule has 0 aromatic heterocycles. The second kappa shape index (κ2) is 9.39. The summed E-state index contributed by atoms with van der Waals surface area (Å²) >= 11 is 0. The highest BCUT2D eigenvalue weighted by atomic mass is 16.5. The lowest BCUT2D eigenvalue weighted by Gasteiger charge is -2.41. The van der Waals surface area contributed by atoms with Crippen molar-refractivity contribution in [2.24, 2.45) is 5.92 Å². The Morgan fingerprint density at radius 1 is 1.10 bits per heavy atom. The standard InChI is InChI=1S/C24H33N3O4/c1-31-17-21(28)27-16-15-26(14-13-25-22(29)19-9-5-6-10-20(19)27)23(30)24(11-12-24)18-7-3-2-4-8-18/h2-4,7-8,19-20H,5-6,9-17H2,1H3,(H,25,29). The fourth-order valence-electron chi connectivity index (χ4n) is 5.27. The average molecular weight is 428 g/mol. The van der Waals surface area contributed by atoms with E-state index in [9.17, 15) is 14.4 Å². The molecule has 3 aliphatic rings. The molecule has 7 heteroatoms. The topological polar surface area (TPSA) is 79.0 Å². The van der Waals surface area contributed by atoms with E-state index >= 15 is 0 Å². The number of hydrogen-bond donors (Lipinski definition) is 1. The van der Waals surface area contributed by atoms with E-state index in [-0.39, 0.29) is 36.3 Å². The summed E-state index contributed by atoms with van der Waals surface area (Å²) < 4.78 is 5.12. The van der Waals surface area contributed by atoms with Crippen LogP contribution in [-0.4, -0.2) is 73.5 Å². The zero-order valence-electron chi connectivity index (χ0n) is 18.3. The molecule has 7 nitrogen and oxygen atoms in total. The number of ether oxygens (including phenoxy) is 1. The third kappa shape index (κ3) is 4.47. The van der Waals surface area contributed by atoms with Crippen molar-refractivity contribution in [1.29, 1.82) is 0 Å². The molecule has 0 radical (unpaired) electrons. The smallest absolute Gasteiger partial charge is 0.248 e. The summed E-state index contributed by atoms with van der Waals surface area (Å²) in [5, 5.41) is 3.04. The molecule has 2 saturated carbocycles. The molecule has 2 atom stereocenters. The monoisotopic (exact) mass is 427 g/mol. The van der Waals surface area contributed by atoms with E-state index in [0.29, 0.717) is 26.2 Å². The van der Waals surface area contributed by atoms with Gasteiger partial charge in [0.15, 0.2) is 0 Å². The molecular formula is C24H33N3O4. The molecule has 2 unspecified atom stereocenters. The Bertz CT molecular complexity index is 808. The van der Waals surface area contributed by atoms with Crippen LogP contribution in [0.1, 0.15) is 44.1 Å². The molecule has 1 aromatic rings. The van der Waals surface area contributed by atoms with Crippen LogP contribution in [0.15, 0.2) is 30.3 Å². The Labute approximate surface area is 184 Å². The summed E-state index contributed by atoms with van der Waals surface area (Å²) in [5.41, 5.74) is 0.602. The Morgan fingerprint density at radius 3 is 2.55 bits per heavy atom. The van der Waals surface area contributed by atoms with Gasteiger partial charge in [0.2, 0.25) is 17.7 Å². The van der Waals surface area contributed by atoms with Crippen molar-refractivity contribution in [3.8, 4) is 0 Å². The summed E-state index contributed by atoms with van der Waals surface area (Å²) in [4.78, 5) is 43.1. The van der Waals surface area contributed by atoms with Crippen LogP contribution in [0.5, 0.6) is 0 Å². The predicted octanol–water partition coefficient (Wildman–Crippen LogP) is 1.71. The molecule has 2 aliphatic carbocycles. The van der Waals surface area contributed by atoms with Crippen LogP contribution in [0.25, 0.3) is 0 Å². The van der Waals surface area contributed by atoms with Gasteiger partial charge in [0, 0.05) is 39.3 Å². The highest BCUT2D eigenvalue weighted by Crippen LogP contribution is 2.49. The maximum atomic E-state index is 13.6. The fraction of sp³-hybridized carbons (Fsp3) is 0.625. The van der Waals surface area contributed by atoms with Crippen LogP contribution in [0, 0.1) is 5.92 Å². The Hall–Kier alpha value is -2.41. The molecule has 1 saturated heterocycles. The van der Waals surface area contributed by atoms with Crippen molar-refractivity contribution in [3.05, 3.63) is 35.9 Å². The van der Waals surface area contributed by atoms with Crippen LogP contribution in [-0.2, 0) is 24.5 Å². The highest BCUT2D eigenvalue weighted by molar-refractivity contribution is 5.91. The van der Waals surface area contributed by atoms with E-state index < -0.39 is 5.41 Å². The number of rotatable bonds is 4. The molecule has 1 aromatic carbocycles. The van der Waals surface area contributed by atoms with E-state index in [0.717, 1.165) is 44.1 Å². The van der Waals surface area contributed by atoms with Crippen molar-refractivity contribution >= 4 is 17.7 Å². The zero-order valence-corrected chi connectivity index (χ0v) is 18.3. The molecule has 0 bridgehead atoms. The van der Waals surface area contributed by atoms with Crippen LogP contribution in [0.2, 0.25) is 0 Å². The number of carbonyl (C=O) groups is 3. The molecule has 3 fully saturated rings. The molecule has 4 rings (SSSR count). The molecule has 1 N–H and O–H groups in total. The third-order valence-electron chi connectivity index (χ3n) is 7.12. The first kappa shape index (κ1) is 21.8. The van der Waals surface area contributed by atoms with Crippen LogP contribution >= 0.6 is 0 Å². The molecule has 0 spiro atoms. The van der Waals surface area contributed by atoms with Gasteiger partial charge >= 0.3 is 0 Å². The minimum absolute atomic E-state index is 0.00147. The first-order valence-electron chi connectivity index (χ1n) is 11.5. The second-order valence-corrected chi connectivity index (χ2v) is 9.01. The highest BCUT2D eigenvalue weighted by Gasteiger charge is 2.53. The minimum atomic E-state index is -0.454. The summed E-state index contributed by atoms with van der Waals surface area (Å²) in [6, 6.07) is 9.82. The maximum Gasteiger partial charge on any atom is 0.248 e. The SMILES string of the molecule is COCC(=O)N1CCN(C(=O)C2(c3ccccc3)CC2)CCNC(=O)C2CCCCC21. The molecular weight excluding hydrogens is 394 g/mol. The lowest BCUT2D eigenvalue weighted by Crippen LogP contribution is -2.56. The molecule has 168 valence electrons. The number of methoxy groups -OCH3 is 1. The van der Waals surface area contributed by atoms with Gasteiger partial charge in [-0.2, -0.15) is 0 Å². The minimum Gasteiger partial charge on any atom is -0.375 e. The van der Waals surface area contributed by atoms with Crippen molar-refractivity contribution in [2.75, 3.05) is 39.9 Å². The molecule has 3 amide bonds. The van der Waals surface area contributed by atoms with Gasteiger partial charge in [-0.15, -0.1) is 0 Å². The summed E-state index contributed by atoms with van der Waals surface area (Å²) in [7, 11) is 1.51. The van der Waals surface area contributed by atoms with Crippen LogP contribution in [0.3, 0.4) is 0 Å². The average Bonchev–Trinajstić information content (AvgIpc) is 3.60. The van der Waals surface area contributed by atoms with E-state index in [1.54, 1.807) is 4.90 Å². The lowest BCUT2D eigenvalue weighted by atomic mass is 9.82. The zero-order chi connectivity index (χ0) is 21.8. The Kier molecular flexibility index (Phi) is 6.60. The summed E-state index contributed by atoms with van der Waals surface area (Å²) in [5.74, 6) is -0.188. The normalized spacial score (nSPS) is 25.9. The number of carbonyl (C=O) groups excluding carboxylic acids is 3. The predicted molar refractivity (Wildman–Crippen MR) is 116 cm³/mol. The molecule has 31 heavy (non-hydrogen) atoms. The van der Waals surface area contributed by atoms with E-state index in [2.05, 4.69) is 5.32 Å². The van der Waals surface area contributed by atoms with E-state index in [1.165, 1.54) is 7.11 Å². The van der Waals surface area contributed by atoms with Gasteiger partial charge in [0.25, 0.3) is 0 Å². The number of benzene rings is 1.